The fourth-order valence-corrected chi connectivity index (χ4v) is 3.10. The van der Waals surface area contributed by atoms with Crippen LogP contribution in [0.15, 0.2) is 65.4 Å². The molecule has 1 aromatic heterocycles. The lowest BCUT2D eigenvalue weighted by Crippen LogP contribution is -2.24. The molecule has 2 amide bonds. The van der Waals surface area contributed by atoms with Gasteiger partial charge in [-0.05, 0) is 41.3 Å². The molecule has 0 unspecified atom stereocenters. The van der Waals surface area contributed by atoms with E-state index in [9.17, 15) is 22.8 Å². The molecule has 144 valence electrons. The largest absolute Gasteiger partial charge is 0.416 e. The highest BCUT2D eigenvalue weighted by Crippen LogP contribution is 2.29. The molecule has 28 heavy (non-hydrogen) atoms. The van der Waals surface area contributed by atoms with Gasteiger partial charge < -0.3 is 10.6 Å². The molecule has 0 bridgehead atoms. The smallest absolute Gasteiger partial charge is 0.348 e. The molecule has 3 rings (SSSR count). The maximum absolute atomic E-state index is 12.6. The predicted octanol–water partition coefficient (Wildman–Crippen LogP) is 4.95. The van der Waals surface area contributed by atoms with Crippen molar-refractivity contribution in [2.24, 2.45) is 0 Å². The second-order valence-corrected chi connectivity index (χ2v) is 6.67. The third kappa shape index (κ3) is 4.77. The molecule has 3 aromatic rings. The molecule has 0 aliphatic heterocycles. The van der Waals surface area contributed by atoms with Crippen molar-refractivity contribution in [2.75, 3.05) is 5.32 Å². The lowest BCUT2D eigenvalue weighted by molar-refractivity contribution is -0.137. The second kappa shape index (κ2) is 8.26. The first-order valence-electron chi connectivity index (χ1n) is 8.21. The highest BCUT2D eigenvalue weighted by Gasteiger charge is 2.29. The van der Waals surface area contributed by atoms with E-state index in [4.69, 9.17) is 0 Å². The Labute approximate surface area is 163 Å². The molecule has 0 aliphatic carbocycles. The van der Waals surface area contributed by atoms with E-state index in [-0.39, 0.29) is 18.0 Å². The summed E-state index contributed by atoms with van der Waals surface area (Å²) in [5.41, 5.74) is 0.886. The molecule has 0 atom stereocenters. The Morgan fingerprint density at radius 1 is 0.929 bits per heavy atom. The molecule has 0 saturated carbocycles. The zero-order chi connectivity index (χ0) is 20.1. The number of hydrogen-bond donors (Lipinski definition) is 2. The minimum absolute atomic E-state index is 0.0593. The number of halogens is 3. The van der Waals surface area contributed by atoms with E-state index in [1.165, 1.54) is 23.5 Å². The Kier molecular flexibility index (Phi) is 5.79. The molecule has 0 saturated heterocycles. The summed E-state index contributed by atoms with van der Waals surface area (Å²) in [5, 5.41) is 8.82. The van der Waals surface area contributed by atoms with E-state index < -0.39 is 17.6 Å². The van der Waals surface area contributed by atoms with Crippen LogP contribution in [0.3, 0.4) is 0 Å². The first-order valence-corrected chi connectivity index (χ1v) is 9.16. The van der Waals surface area contributed by atoms with Gasteiger partial charge in [0.05, 0.1) is 22.4 Å². The summed E-state index contributed by atoms with van der Waals surface area (Å²) >= 11 is 1.39. The van der Waals surface area contributed by atoms with E-state index in [0.29, 0.717) is 16.8 Å². The van der Waals surface area contributed by atoms with Crippen molar-refractivity contribution in [1.82, 2.24) is 5.32 Å². The van der Waals surface area contributed by atoms with Crippen molar-refractivity contribution in [1.29, 1.82) is 0 Å². The van der Waals surface area contributed by atoms with Gasteiger partial charge in [0.25, 0.3) is 11.8 Å². The number of rotatable bonds is 5. The highest BCUT2D eigenvalue weighted by molar-refractivity contribution is 7.08. The standard InChI is InChI=1S/C20H15F3N2O2S/c21-20(22,23)15-7-5-13(6-8-15)11-24-19(27)16-3-1-2-4-17(16)25-18(26)14-9-10-28-12-14/h1-10,12H,11H2,(H,24,27)(H,25,26). The van der Waals surface area contributed by atoms with Gasteiger partial charge in [0, 0.05) is 11.9 Å². The molecule has 2 N–H and O–H groups in total. The molecule has 0 spiro atoms. The van der Waals surface area contributed by atoms with Crippen LogP contribution in [0.25, 0.3) is 0 Å². The summed E-state index contributed by atoms with van der Waals surface area (Å²) in [5.74, 6) is -0.773. The van der Waals surface area contributed by atoms with Gasteiger partial charge in [0.2, 0.25) is 0 Å². The third-order valence-electron chi connectivity index (χ3n) is 3.94. The molecule has 0 radical (unpaired) electrons. The Balaban J connectivity index is 1.67. The lowest BCUT2D eigenvalue weighted by atomic mass is 10.1. The molecule has 0 aliphatic rings. The maximum Gasteiger partial charge on any atom is 0.416 e. The summed E-state index contributed by atoms with van der Waals surface area (Å²) < 4.78 is 37.8. The van der Waals surface area contributed by atoms with Gasteiger partial charge in [0.1, 0.15) is 0 Å². The van der Waals surface area contributed by atoms with Gasteiger partial charge >= 0.3 is 6.18 Å². The van der Waals surface area contributed by atoms with Crippen LogP contribution in [-0.4, -0.2) is 11.8 Å². The van der Waals surface area contributed by atoms with Gasteiger partial charge in [-0.15, -0.1) is 0 Å². The van der Waals surface area contributed by atoms with Crippen molar-refractivity contribution in [3.63, 3.8) is 0 Å². The minimum atomic E-state index is -4.40. The van der Waals surface area contributed by atoms with Crippen LogP contribution in [0.4, 0.5) is 18.9 Å². The topological polar surface area (TPSA) is 58.2 Å². The quantitative estimate of drug-likeness (QED) is 0.632. The first-order chi connectivity index (χ1) is 13.3. The average molecular weight is 404 g/mol. The Hall–Kier alpha value is -3.13. The van der Waals surface area contributed by atoms with Crippen LogP contribution >= 0.6 is 11.3 Å². The van der Waals surface area contributed by atoms with Gasteiger partial charge in [-0.25, -0.2) is 0 Å². The number of alkyl halides is 3. The van der Waals surface area contributed by atoms with E-state index in [2.05, 4.69) is 10.6 Å². The van der Waals surface area contributed by atoms with Gasteiger partial charge in [-0.2, -0.15) is 24.5 Å². The minimum Gasteiger partial charge on any atom is -0.348 e. The monoisotopic (exact) mass is 404 g/mol. The van der Waals surface area contributed by atoms with E-state index in [0.717, 1.165) is 12.1 Å². The van der Waals surface area contributed by atoms with Crippen molar-refractivity contribution >= 4 is 28.8 Å². The van der Waals surface area contributed by atoms with Crippen LogP contribution in [0.1, 0.15) is 31.8 Å². The van der Waals surface area contributed by atoms with Gasteiger partial charge in [0.15, 0.2) is 0 Å². The lowest BCUT2D eigenvalue weighted by Gasteiger charge is -2.12. The van der Waals surface area contributed by atoms with Crippen LogP contribution in [0, 0.1) is 0 Å². The number of nitrogens with one attached hydrogen (secondary N) is 2. The van der Waals surface area contributed by atoms with Crippen LogP contribution in [0.5, 0.6) is 0 Å². The van der Waals surface area contributed by atoms with Crippen molar-refractivity contribution < 1.29 is 22.8 Å². The fourth-order valence-electron chi connectivity index (χ4n) is 2.47. The van der Waals surface area contributed by atoms with Crippen molar-refractivity contribution in [2.45, 2.75) is 12.7 Å². The third-order valence-corrected chi connectivity index (χ3v) is 4.62. The summed E-state index contributed by atoms with van der Waals surface area (Å²) in [7, 11) is 0. The number of amides is 2. The Morgan fingerprint density at radius 3 is 2.29 bits per heavy atom. The number of thiophene rings is 1. The zero-order valence-electron chi connectivity index (χ0n) is 14.4. The number of carbonyl (C=O) groups excluding carboxylic acids is 2. The average Bonchev–Trinajstić information content (AvgIpc) is 3.21. The predicted molar refractivity (Wildman–Crippen MR) is 101 cm³/mol. The molecule has 8 heteroatoms. The number of anilines is 1. The molecule has 0 fully saturated rings. The zero-order valence-corrected chi connectivity index (χ0v) is 15.2. The van der Waals surface area contributed by atoms with Gasteiger partial charge in [-0.3, -0.25) is 9.59 Å². The maximum atomic E-state index is 12.6. The molecule has 4 nitrogen and oxygen atoms in total. The highest BCUT2D eigenvalue weighted by atomic mass is 32.1. The number of para-hydroxylation sites is 1. The Morgan fingerprint density at radius 2 is 1.64 bits per heavy atom. The number of hydrogen-bond acceptors (Lipinski definition) is 3. The van der Waals surface area contributed by atoms with E-state index in [1.807, 2.05) is 0 Å². The van der Waals surface area contributed by atoms with E-state index in [1.54, 1.807) is 41.1 Å². The summed E-state index contributed by atoms with van der Waals surface area (Å²) in [6.07, 6.45) is -4.40. The van der Waals surface area contributed by atoms with Crippen molar-refractivity contribution in [3.05, 3.63) is 87.6 Å². The second-order valence-electron chi connectivity index (χ2n) is 5.89. The van der Waals surface area contributed by atoms with Crippen LogP contribution in [-0.2, 0) is 12.7 Å². The van der Waals surface area contributed by atoms with Crippen molar-refractivity contribution in [3.8, 4) is 0 Å². The Bertz CT molecular complexity index is 968. The molecule has 1 heterocycles. The number of benzene rings is 2. The first kappa shape index (κ1) is 19.6. The van der Waals surface area contributed by atoms with Crippen LogP contribution < -0.4 is 10.6 Å². The summed E-state index contributed by atoms with van der Waals surface area (Å²) in [6.45, 7) is 0.0593. The van der Waals surface area contributed by atoms with Gasteiger partial charge in [-0.1, -0.05) is 24.3 Å². The molecular weight excluding hydrogens is 389 g/mol. The summed E-state index contributed by atoms with van der Waals surface area (Å²) in [4.78, 5) is 24.7. The SMILES string of the molecule is O=C(Nc1ccccc1C(=O)NCc1ccc(C(F)(F)F)cc1)c1ccsc1. The molecular formula is C20H15F3N2O2S. The fraction of sp³-hybridized carbons (Fsp3) is 0.100. The van der Waals surface area contributed by atoms with E-state index >= 15 is 0 Å². The summed E-state index contributed by atoms with van der Waals surface area (Å²) in [6, 6.07) is 12.8. The normalized spacial score (nSPS) is 11.1. The van der Waals surface area contributed by atoms with Crippen LogP contribution in [0.2, 0.25) is 0 Å². The molecule has 2 aromatic carbocycles. The number of carbonyl (C=O) groups is 2.